The number of carboxylic acids is 1. The summed E-state index contributed by atoms with van der Waals surface area (Å²) in [5.74, 6) is -0.971. The zero-order valence-electron chi connectivity index (χ0n) is 12.9. The van der Waals surface area contributed by atoms with Gasteiger partial charge in [-0.1, -0.05) is 23.8 Å². The van der Waals surface area contributed by atoms with Crippen molar-refractivity contribution in [2.45, 2.75) is 6.92 Å². The highest BCUT2D eigenvalue weighted by molar-refractivity contribution is 7.80. The molecule has 1 aromatic heterocycles. The number of pyridine rings is 1. The number of aryl methyl sites for hydroxylation is 1. The molecule has 6 heteroatoms. The van der Waals surface area contributed by atoms with Crippen LogP contribution in [0.3, 0.4) is 0 Å². The van der Waals surface area contributed by atoms with Crippen molar-refractivity contribution in [3.05, 3.63) is 59.7 Å². The lowest BCUT2D eigenvalue weighted by Crippen LogP contribution is -2.18. The molecule has 0 aliphatic rings. The number of nitrogens with two attached hydrogens (primary N) is 1. The summed E-state index contributed by atoms with van der Waals surface area (Å²) in [5, 5.41) is 13.2. The van der Waals surface area contributed by atoms with E-state index in [9.17, 15) is 9.90 Å². The maximum Gasteiger partial charge on any atom is 0.336 e. The van der Waals surface area contributed by atoms with Crippen LogP contribution in [0.4, 0.5) is 5.69 Å². The highest BCUT2D eigenvalue weighted by Crippen LogP contribution is 2.26. The third kappa shape index (κ3) is 3.18. The predicted molar refractivity (Wildman–Crippen MR) is 99.3 cm³/mol. The molecular weight excluding hydrogens is 322 g/mol. The molecule has 1 heterocycles. The molecule has 2 aromatic carbocycles. The van der Waals surface area contributed by atoms with Gasteiger partial charge in [0.25, 0.3) is 0 Å². The molecule has 0 unspecified atom stereocenters. The summed E-state index contributed by atoms with van der Waals surface area (Å²) >= 11 is 4.80. The van der Waals surface area contributed by atoms with Crippen LogP contribution in [-0.4, -0.2) is 21.2 Å². The number of fused-ring (bicyclic) bond motifs is 1. The molecule has 0 aliphatic heterocycles. The van der Waals surface area contributed by atoms with E-state index in [2.05, 4.69) is 10.3 Å². The summed E-state index contributed by atoms with van der Waals surface area (Å²) in [6.07, 6.45) is 0. The molecule has 5 nitrogen and oxygen atoms in total. The van der Waals surface area contributed by atoms with Gasteiger partial charge in [0.05, 0.1) is 16.8 Å². The lowest BCUT2D eigenvalue weighted by Gasteiger charge is -2.09. The maximum absolute atomic E-state index is 11.6. The Labute approximate surface area is 144 Å². The van der Waals surface area contributed by atoms with Gasteiger partial charge in [0, 0.05) is 16.6 Å². The Morgan fingerprint density at radius 3 is 2.50 bits per heavy atom. The number of anilines is 1. The number of aromatic carboxylic acids is 1. The van der Waals surface area contributed by atoms with E-state index in [-0.39, 0.29) is 10.7 Å². The highest BCUT2D eigenvalue weighted by atomic mass is 32.1. The summed E-state index contributed by atoms with van der Waals surface area (Å²) in [5.41, 5.74) is 9.51. The first-order valence-corrected chi connectivity index (χ1v) is 7.66. The van der Waals surface area contributed by atoms with E-state index in [1.165, 1.54) is 0 Å². The van der Waals surface area contributed by atoms with Gasteiger partial charge in [0.1, 0.15) is 0 Å². The van der Waals surface area contributed by atoms with E-state index in [0.717, 1.165) is 16.8 Å². The fraction of sp³-hybridized carbons (Fsp3) is 0.0556. The van der Waals surface area contributed by atoms with Crippen LogP contribution >= 0.6 is 12.2 Å². The van der Waals surface area contributed by atoms with Crippen molar-refractivity contribution in [1.29, 1.82) is 0 Å². The Balaban J connectivity index is 2.11. The lowest BCUT2D eigenvalue weighted by molar-refractivity contribution is 0.0699. The Morgan fingerprint density at radius 1 is 1.17 bits per heavy atom. The van der Waals surface area contributed by atoms with E-state index in [4.69, 9.17) is 18.0 Å². The number of carboxylic acid groups (broad SMARTS) is 1. The smallest absolute Gasteiger partial charge is 0.336 e. The fourth-order valence-corrected chi connectivity index (χ4v) is 2.65. The minimum Gasteiger partial charge on any atom is -0.478 e. The number of thiocarbonyl (C=S) groups is 1. The second-order valence-electron chi connectivity index (χ2n) is 5.45. The molecule has 0 aliphatic carbocycles. The average Bonchev–Trinajstić information content (AvgIpc) is 2.54. The number of aromatic nitrogens is 1. The van der Waals surface area contributed by atoms with Crippen molar-refractivity contribution in [3.63, 3.8) is 0 Å². The molecular formula is C18H15N3O2S. The van der Waals surface area contributed by atoms with Gasteiger partial charge in [-0.2, -0.15) is 0 Å². The quantitative estimate of drug-likeness (QED) is 0.633. The standard InChI is InChI=1S/C18H15N3O2S/c1-10-2-7-15-13(8-10)14(17(22)23)9-16(21-15)11-3-5-12(6-4-11)20-18(19)24/h2-9H,1H3,(H,22,23)(H3,19,20,24). The molecule has 0 amide bonds. The minimum absolute atomic E-state index is 0.190. The number of rotatable bonds is 3. The molecule has 0 radical (unpaired) electrons. The van der Waals surface area contributed by atoms with Crippen LogP contribution < -0.4 is 11.1 Å². The molecule has 4 N–H and O–H groups in total. The van der Waals surface area contributed by atoms with Gasteiger partial charge >= 0.3 is 5.97 Å². The van der Waals surface area contributed by atoms with Crippen LogP contribution in [0, 0.1) is 6.92 Å². The topological polar surface area (TPSA) is 88.2 Å². The minimum atomic E-state index is -0.971. The van der Waals surface area contributed by atoms with Gasteiger partial charge < -0.3 is 16.2 Å². The number of benzene rings is 2. The van der Waals surface area contributed by atoms with Crippen molar-refractivity contribution in [2.75, 3.05) is 5.32 Å². The number of nitrogens with zero attached hydrogens (tertiary/aromatic N) is 1. The first kappa shape index (κ1) is 15.9. The maximum atomic E-state index is 11.6. The average molecular weight is 337 g/mol. The van der Waals surface area contributed by atoms with Gasteiger partial charge in [-0.05, 0) is 49.5 Å². The summed E-state index contributed by atoms with van der Waals surface area (Å²) in [4.78, 5) is 16.2. The van der Waals surface area contributed by atoms with Crippen LogP contribution in [0.15, 0.2) is 48.5 Å². The van der Waals surface area contributed by atoms with E-state index < -0.39 is 5.97 Å². The van der Waals surface area contributed by atoms with Crippen molar-refractivity contribution >= 4 is 39.9 Å². The third-order valence-corrected chi connectivity index (χ3v) is 3.74. The first-order valence-electron chi connectivity index (χ1n) is 7.25. The predicted octanol–water partition coefficient (Wildman–Crippen LogP) is 3.56. The molecule has 0 spiro atoms. The van der Waals surface area contributed by atoms with Crippen molar-refractivity contribution in [1.82, 2.24) is 4.98 Å². The van der Waals surface area contributed by atoms with Gasteiger partial charge in [-0.3, -0.25) is 0 Å². The zero-order chi connectivity index (χ0) is 17.3. The van der Waals surface area contributed by atoms with Crippen molar-refractivity contribution in [2.24, 2.45) is 5.73 Å². The molecule has 120 valence electrons. The monoisotopic (exact) mass is 337 g/mol. The van der Waals surface area contributed by atoms with Crippen molar-refractivity contribution < 1.29 is 9.90 Å². The van der Waals surface area contributed by atoms with E-state index in [1.54, 1.807) is 6.07 Å². The molecule has 3 aromatic rings. The SMILES string of the molecule is Cc1ccc2nc(-c3ccc(NC(N)=S)cc3)cc(C(=O)O)c2c1. The molecule has 0 fully saturated rings. The molecule has 24 heavy (non-hydrogen) atoms. The highest BCUT2D eigenvalue weighted by Gasteiger charge is 2.13. The lowest BCUT2D eigenvalue weighted by atomic mass is 10.0. The van der Waals surface area contributed by atoms with Crippen LogP contribution in [0.5, 0.6) is 0 Å². The molecule has 0 bridgehead atoms. The third-order valence-electron chi connectivity index (χ3n) is 3.64. The number of carbonyl (C=O) groups is 1. The second kappa shape index (κ2) is 6.25. The normalized spacial score (nSPS) is 10.5. The second-order valence-corrected chi connectivity index (χ2v) is 5.89. The Kier molecular flexibility index (Phi) is 4.14. The first-order chi connectivity index (χ1) is 11.4. The van der Waals surface area contributed by atoms with Gasteiger partial charge in [0.15, 0.2) is 5.11 Å². The van der Waals surface area contributed by atoms with Crippen molar-refractivity contribution in [3.8, 4) is 11.3 Å². The van der Waals surface area contributed by atoms with Gasteiger partial charge in [0.2, 0.25) is 0 Å². The Bertz CT molecular complexity index is 952. The summed E-state index contributed by atoms with van der Waals surface area (Å²) < 4.78 is 0. The van der Waals surface area contributed by atoms with Crippen LogP contribution in [0.2, 0.25) is 0 Å². The molecule has 3 rings (SSSR count). The fourth-order valence-electron chi connectivity index (χ4n) is 2.53. The Morgan fingerprint density at radius 2 is 1.88 bits per heavy atom. The Hall–Kier alpha value is -2.99. The molecule has 0 atom stereocenters. The van der Waals surface area contributed by atoms with E-state index in [1.807, 2.05) is 49.4 Å². The van der Waals surface area contributed by atoms with Crippen LogP contribution in [-0.2, 0) is 0 Å². The molecule has 0 saturated heterocycles. The summed E-state index contributed by atoms with van der Waals surface area (Å²) in [6.45, 7) is 1.92. The number of hydrogen-bond donors (Lipinski definition) is 3. The number of nitrogens with one attached hydrogen (secondary N) is 1. The molecule has 0 saturated carbocycles. The number of hydrogen-bond acceptors (Lipinski definition) is 3. The largest absolute Gasteiger partial charge is 0.478 e. The van der Waals surface area contributed by atoms with E-state index in [0.29, 0.717) is 16.6 Å². The summed E-state index contributed by atoms with van der Waals surface area (Å²) in [7, 11) is 0. The van der Waals surface area contributed by atoms with E-state index >= 15 is 0 Å². The van der Waals surface area contributed by atoms with Gasteiger partial charge in [-0.15, -0.1) is 0 Å². The zero-order valence-corrected chi connectivity index (χ0v) is 13.7. The van der Waals surface area contributed by atoms with Crippen LogP contribution in [0.25, 0.3) is 22.2 Å². The summed E-state index contributed by atoms with van der Waals surface area (Å²) in [6, 6.07) is 14.5. The van der Waals surface area contributed by atoms with Crippen LogP contribution in [0.1, 0.15) is 15.9 Å². The van der Waals surface area contributed by atoms with Gasteiger partial charge in [-0.25, -0.2) is 9.78 Å².